The molecule has 0 heterocycles. The molecule has 2 aromatic carbocycles. The fraction of sp³-hybridized carbons (Fsp3) is 0.400. The molecule has 3 nitrogen and oxygen atoms in total. The highest BCUT2D eigenvalue weighted by Gasteiger charge is 2.33. The second-order valence-corrected chi connectivity index (χ2v) is 7.65. The van der Waals surface area contributed by atoms with E-state index in [2.05, 4.69) is 78.7 Å². The predicted octanol–water partition coefficient (Wildman–Crippen LogP) is 4.55. The molecule has 0 radical (unpaired) electrons. The minimum atomic E-state index is 0.142. The van der Waals surface area contributed by atoms with Crippen LogP contribution in [-0.2, 0) is 17.6 Å². The molecule has 0 aromatic heterocycles. The van der Waals surface area contributed by atoms with Crippen LogP contribution in [0.4, 0.5) is 0 Å². The van der Waals surface area contributed by atoms with E-state index in [1.165, 1.54) is 22.4 Å². The minimum absolute atomic E-state index is 0.142. The number of hydrogen-bond donors (Lipinski definition) is 1. The van der Waals surface area contributed by atoms with Crippen LogP contribution in [0.15, 0.2) is 66.4 Å². The van der Waals surface area contributed by atoms with Crippen LogP contribution >= 0.6 is 0 Å². The third kappa shape index (κ3) is 4.36. The van der Waals surface area contributed by atoms with Crippen LogP contribution in [0.1, 0.15) is 43.0 Å². The van der Waals surface area contributed by atoms with Crippen LogP contribution in [0.5, 0.6) is 0 Å². The minimum Gasteiger partial charge on any atom is -0.360 e. The molecule has 3 rings (SSSR count). The lowest BCUT2D eigenvalue weighted by Crippen LogP contribution is -2.44. The average molecular weight is 377 g/mol. The van der Waals surface area contributed by atoms with Gasteiger partial charge in [-0.15, -0.1) is 0 Å². The van der Waals surface area contributed by atoms with Crippen LogP contribution in [0.2, 0.25) is 0 Å². The highest BCUT2D eigenvalue weighted by molar-refractivity contribution is 5.53. The van der Waals surface area contributed by atoms with Crippen molar-refractivity contribution in [3.63, 3.8) is 0 Å². The number of likely N-dealkylation sites (N-methyl/N-ethyl adjacent to an activating group) is 1. The van der Waals surface area contributed by atoms with E-state index in [1.54, 1.807) is 0 Å². The van der Waals surface area contributed by atoms with Gasteiger partial charge in [0, 0.05) is 5.70 Å². The Morgan fingerprint density at radius 1 is 1.11 bits per heavy atom. The molecule has 0 saturated carbocycles. The second-order valence-electron chi connectivity index (χ2n) is 7.65. The summed E-state index contributed by atoms with van der Waals surface area (Å²) in [5.41, 5.74) is 5.39. The number of hydrogen-bond acceptors (Lipinski definition) is 3. The fourth-order valence-electron chi connectivity index (χ4n) is 4.56. The number of benzene rings is 2. The second kappa shape index (κ2) is 9.70. The Hall–Kier alpha value is -2.39. The zero-order valence-corrected chi connectivity index (χ0v) is 17.3. The maximum Gasteiger partial charge on any atom is 0.139 e. The van der Waals surface area contributed by atoms with Crippen LogP contribution in [0, 0.1) is 5.92 Å². The van der Waals surface area contributed by atoms with Crippen molar-refractivity contribution in [1.82, 2.24) is 10.2 Å². The van der Waals surface area contributed by atoms with Gasteiger partial charge in [0.2, 0.25) is 0 Å². The molecule has 0 saturated heterocycles. The van der Waals surface area contributed by atoms with E-state index in [9.17, 15) is 4.79 Å². The van der Waals surface area contributed by atoms with Crippen molar-refractivity contribution in [3.05, 3.63) is 83.1 Å². The summed E-state index contributed by atoms with van der Waals surface area (Å²) in [6.07, 6.45) is 6.44. The number of nitrogens with zero attached hydrogens (tertiary/aromatic N) is 1. The molecule has 2 unspecified atom stereocenters. The third-order valence-corrected chi connectivity index (χ3v) is 5.95. The molecule has 1 aliphatic carbocycles. The van der Waals surface area contributed by atoms with Crippen molar-refractivity contribution < 1.29 is 4.79 Å². The van der Waals surface area contributed by atoms with Gasteiger partial charge in [0.1, 0.15) is 6.29 Å². The molecule has 0 aliphatic heterocycles. The summed E-state index contributed by atoms with van der Waals surface area (Å²) in [5, 5.41) is 3.58. The van der Waals surface area contributed by atoms with E-state index in [-0.39, 0.29) is 12.1 Å². The largest absolute Gasteiger partial charge is 0.360 e. The van der Waals surface area contributed by atoms with Crippen LogP contribution in [0.3, 0.4) is 0 Å². The van der Waals surface area contributed by atoms with Crippen molar-refractivity contribution in [2.24, 2.45) is 5.92 Å². The van der Waals surface area contributed by atoms with E-state index in [0.29, 0.717) is 12.5 Å². The molecule has 0 spiro atoms. The molecule has 0 fully saturated rings. The topological polar surface area (TPSA) is 32.3 Å². The first kappa shape index (κ1) is 20.3. The summed E-state index contributed by atoms with van der Waals surface area (Å²) in [4.78, 5) is 13.9. The van der Waals surface area contributed by atoms with Crippen LogP contribution in [-0.4, -0.2) is 30.8 Å². The first-order valence-electron chi connectivity index (χ1n) is 10.4. The number of rotatable bonds is 9. The molecule has 2 atom stereocenters. The molecule has 1 aliphatic rings. The maximum atomic E-state index is 11.6. The monoisotopic (exact) mass is 376 g/mol. The number of aldehydes is 1. The molecule has 28 heavy (non-hydrogen) atoms. The van der Waals surface area contributed by atoms with Gasteiger partial charge in [-0.25, -0.2) is 0 Å². The maximum absolute atomic E-state index is 11.6. The Kier molecular flexibility index (Phi) is 7.05. The highest BCUT2D eigenvalue weighted by Crippen LogP contribution is 2.34. The summed E-state index contributed by atoms with van der Waals surface area (Å²) >= 11 is 0. The smallest absolute Gasteiger partial charge is 0.139 e. The van der Waals surface area contributed by atoms with E-state index in [1.807, 2.05) is 13.1 Å². The van der Waals surface area contributed by atoms with Crippen molar-refractivity contribution in [1.29, 1.82) is 0 Å². The van der Waals surface area contributed by atoms with Crippen LogP contribution < -0.4 is 5.32 Å². The van der Waals surface area contributed by atoms with Gasteiger partial charge < -0.3 is 15.0 Å². The van der Waals surface area contributed by atoms with E-state index >= 15 is 0 Å². The summed E-state index contributed by atoms with van der Waals surface area (Å²) in [6, 6.07) is 19.6. The molecular weight excluding hydrogens is 344 g/mol. The predicted molar refractivity (Wildman–Crippen MR) is 116 cm³/mol. The van der Waals surface area contributed by atoms with Crippen molar-refractivity contribution in [2.75, 3.05) is 13.6 Å². The normalized spacial score (nSPS) is 16.5. The standard InChI is InChI=1S/C25H32N2O/c1-4-10-24(27(15-16-28)19(2)20-11-6-5-7-12-20)25(26-3)23-17-21-13-8-9-14-22(21)18-23/h5-14,16,19,23,25-26H,4,15,17-18H2,1-3H3/b24-10+. The zero-order valence-electron chi connectivity index (χ0n) is 17.3. The lowest BCUT2D eigenvalue weighted by Gasteiger charge is -2.38. The Bertz CT molecular complexity index is 774. The summed E-state index contributed by atoms with van der Waals surface area (Å²) < 4.78 is 0. The van der Waals surface area contributed by atoms with Gasteiger partial charge in [0.05, 0.1) is 18.6 Å². The Morgan fingerprint density at radius 3 is 2.25 bits per heavy atom. The van der Waals surface area contributed by atoms with Gasteiger partial charge in [-0.3, -0.25) is 0 Å². The lowest BCUT2D eigenvalue weighted by molar-refractivity contribution is -0.109. The number of fused-ring (bicyclic) bond motifs is 1. The zero-order chi connectivity index (χ0) is 19.9. The fourth-order valence-corrected chi connectivity index (χ4v) is 4.56. The quantitative estimate of drug-likeness (QED) is 0.652. The van der Waals surface area contributed by atoms with E-state index < -0.39 is 0 Å². The lowest BCUT2D eigenvalue weighted by atomic mass is 9.91. The molecule has 0 bridgehead atoms. The molecule has 3 heteroatoms. The first-order chi connectivity index (χ1) is 13.7. The van der Waals surface area contributed by atoms with Crippen molar-refractivity contribution in [3.8, 4) is 0 Å². The Labute approximate surface area is 169 Å². The summed E-state index contributed by atoms with van der Waals surface area (Å²) in [5.74, 6) is 0.498. The van der Waals surface area contributed by atoms with Crippen LogP contribution in [0.25, 0.3) is 0 Å². The highest BCUT2D eigenvalue weighted by atomic mass is 16.1. The Balaban J connectivity index is 1.90. The molecule has 148 valence electrons. The SMILES string of the molecule is CC/C=C(\C(NC)C1Cc2ccccc2C1)N(CC=O)C(C)c1ccccc1. The number of nitrogens with one attached hydrogen (secondary N) is 1. The van der Waals surface area contributed by atoms with Gasteiger partial charge in [-0.1, -0.05) is 67.6 Å². The summed E-state index contributed by atoms with van der Waals surface area (Å²) in [7, 11) is 2.05. The number of allylic oxidation sites excluding steroid dienone is 1. The van der Waals surface area contributed by atoms with Crippen molar-refractivity contribution >= 4 is 6.29 Å². The first-order valence-corrected chi connectivity index (χ1v) is 10.4. The van der Waals surface area contributed by atoms with Crippen molar-refractivity contribution in [2.45, 2.75) is 45.2 Å². The third-order valence-electron chi connectivity index (χ3n) is 5.95. The van der Waals surface area contributed by atoms with Gasteiger partial charge in [0.25, 0.3) is 0 Å². The Morgan fingerprint density at radius 2 is 1.71 bits per heavy atom. The molecule has 0 amide bonds. The van der Waals surface area contributed by atoms with Gasteiger partial charge in [0.15, 0.2) is 0 Å². The van der Waals surface area contributed by atoms with Gasteiger partial charge in [-0.2, -0.15) is 0 Å². The van der Waals surface area contributed by atoms with E-state index in [4.69, 9.17) is 0 Å². The molecular formula is C25H32N2O. The number of carbonyl (C=O) groups excluding carboxylic acids is 1. The number of carbonyl (C=O) groups is 1. The van der Waals surface area contributed by atoms with Gasteiger partial charge >= 0.3 is 0 Å². The molecule has 1 N–H and O–H groups in total. The van der Waals surface area contributed by atoms with E-state index in [0.717, 1.165) is 25.5 Å². The summed E-state index contributed by atoms with van der Waals surface area (Å²) in [6.45, 7) is 4.76. The average Bonchev–Trinajstić information content (AvgIpc) is 3.16. The molecule has 2 aromatic rings. The van der Waals surface area contributed by atoms with Gasteiger partial charge in [-0.05, 0) is 55.8 Å².